The van der Waals surface area contributed by atoms with Crippen molar-refractivity contribution in [2.24, 2.45) is 5.92 Å². The Morgan fingerprint density at radius 3 is 2.62 bits per heavy atom. The third-order valence-corrected chi connectivity index (χ3v) is 4.69. The van der Waals surface area contributed by atoms with E-state index in [1.165, 1.54) is 11.0 Å². The van der Waals surface area contributed by atoms with Crippen LogP contribution in [0.3, 0.4) is 0 Å². The van der Waals surface area contributed by atoms with Crippen LogP contribution in [0.1, 0.15) is 19.8 Å². The molecule has 2 atom stereocenters. The zero-order chi connectivity index (χ0) is 18.7. The van der Waals surface area contributed by atoms with E-state index in [-0.39, 0.29) is 12.5 Å². The fraction of sp³-hybridized carbons (Fsp3) is 0.368. The molecule has 1 fully saturated rings. The van der Waals surface area contributed by atoms with E-state index in [2.05, 4.69) is 5.10 Å². The summed E-state index contributed by atoms with van der Waals surface area (Å²) in [5, 5.41) is 13.7. The zero-order valence-corrected chi connectivity index (χ0v) is 14.5. The minimum Gasteiger partial charge on any atom is -0.480 e. The molecule has 1 aliphatic rings. The summed E-state index contributed by atoms with van der Waals surface area (Å²) in [6, 6.07) is 11.5. The SMILES string of the molecule is CC1CCN(C(=O)Cn2nc(-c3ccccc3)ccc2=O)C(C(=O)O)C1. The number of aromatic nitrogens is 2. The normalized spacial score (nSPS) is 20.0. The first-order chi connectivity index (χ1) is 12.5. The number of likely N-dealkylation sites (tertiary alicyclic amines) is 1. The van der Waals surface area contributed by atoms with E-state index in [0.717, 1.165) is 16.7 Å². The number of benzene rings is 1. The molecule has 1 amide bonds. The van der Waals surface area contributed by atoms with E-state index in [1.807, 2.05) is 37.3 Å². The van der Waals surface area contributed by atoms with Gasteiger partial charge in [0.1, 0.15) is 12.6 Å². The maximum Gasteiger partial charge on any atom is 0.326 e. The van der Waals surface area contributed by atoms with Crippen LogP contribution in [0.15, 0.2) is 47.3 Å². The Hall–Kier alpha value is -2.96. The Kier molecular flexibility index (Phi) is 5.16. The van der Waals surface area contributed by atoms with Crippen molar-refractivity contribution >= 4 is 11.9 Å². The summed E-state index contributed by atoms with van der Waals surface area (Å²) in [4.78, 5) is 37.6. The van der Waals surface area contributed by atoms with Crippen LogP contribution in [0.25, 0.3) is 11.3 Å². The minimum atomic E-state index is -1.01. The molecule has 1 saturated heterocycles. The Labute approximate surface area is 150 Å². The Morgan fingerprint density at radius 2 is 1.92 bits per heavy atom. The topological polar surface area (TPSA) is 92.5 Å². The van der Waals surface area contributed by atoms with Gasteiger partial charge in [0, 0.05) is 18.2 Å². The van der Waals surface area contributed by atoms with Crippen molar-refractivity contribution in [2.45, 2.75) is 32.4 Å². The van der Waals surface area contributed by atoms with Crippen LogP contribution < -0.4 is 5.56 Å². The average Bonchev–Trinajstić information content (AvgIpc) is 2.64. The molecule has 2 aromatic rings. The highest BCUT2D eigenvalue weighted by Crippen LogP contribution is 2.23. The second kappa shape index (κ2) is 7.51. The molecule has 7 heteroatoms. The first kappa shape index (κ1) is 17.8. The Morgan fingerprint density at radius 1 is 1.19 bits per heavy atom. The Balaban J connectivity index is 1.83. The number of amides is 1. The van der Waals surface area contributed by atoms with Crippen molar-refractivity contribution < 1.29 is 14.7 Å². The molecule has 3 rings (SSSR count). The molecule has 0 bridgehead atoms. The van der Waals surface area contributed by atoms with Crippen LogP contribution >= 0.6 is 0 Å². The van der Waals surface area contributed by atoms with E-state index in [9.17, 15) is 19.5 Å². The average molecular weight is 355 g/mol. The molecule has 7 nitrogen and oxygen atoms in total. The van der Waals surface area contributed by atoms with Crippen LogP contribution in [0, 0.1) is 5.92 Å². The monoisotopic (exact) mass is 355 g/mol. The summed E-state index contributed by atoms with van der Waals surface area (Å²) < 4.78 is 1.10. The molecular weight excluding hydrogens is 334 g/mol. The first-order valence-corrected chi connectivity index (χ1v) is 8.61. The van der Waals surface area contributed by atoms with Crippen LogP contribution in [0.4, 0.5) is 0 Å². The number of carbonyl (C=O) groups excluding carboxylic acids is 1. The van der Waals surface area contributed by atoms with Gasteiger partial charge in [0.25, 0.3) is 5.56 Å². The lowest BCUT2D eigenvalue weighted by Gasteiger charge is -2.36. The lowest BCUT2D eigenvalue weighted by atomic mass is 9.92. The molecule has 0 spiro atoms. The highest BCUT2D eigenvalue weighted by atomic mass is 16.4. The molecule has 1 N–H and O–H groups in total. The highest BCUT2D eigenvalue weighted by molar-refractivity contribution is 5.83. The van der Waals surface area contributed by atoms with Gasteiger partial charge in [-0.2, -0.15) is 5.10 Å². The third kappa shape index (κ3) is 3.82. The van der Waals surface area contributed by atoms with Gasteiger partial charge in [-0.15, -0.1) is 0 Å². The molecule has 2 heterocycles. The van der Waals surface area contributed by atoms with Gasteiger partial charge < -0.3 is 10.0 Å². The summed E-state index contributed by atoms with van der Waals surface area (Å²) >= 11 is 0. The zero-order valence-electron chi connectivity index (χ0n) is 14.5. The van der Waals surface area contributed by atoms with Crippen LogP contribution in [0.2, 0.25) is 0 Å². The largest absolute Gasteiger partial charge is 0.480 e. The summed E-state index contributed by atoms with van der Waals surface area (Å²) in [6.45, 7) is 2.09. The van der Waals surface area contributed by atoms with E-state index >= 15 is 0 Å². The van der Waals surface area contributed by atoms with Gasteiger partial charge in [0.2, 0.25) is 5.91 Å². The number of hydrogen-bond donors (Lipinski definition) is 1. The van der Waals surface area contributed by atoms with Crippen LogP contribution in [-0.2, 0) is 16.1 Å². The number of carboxylic acids is 1. The second-order valence-electron chi connectivity index (χ2n) is 6.65. The van der Waals surface area contributed by atoms with Crippen molar-refractivity contribution in [3.63, 3.8) is 0 Å². The van der Waals surface area contributed by atoms with Crippen molar-refractivity contribution in [1.29, 1.82) is 0 Å². The molecular formula is C19H21N3O4. The predicted octanol–water partition coefficient (Wildman–Crippen LogP) is 1.62. The maximum atomic E-state index is 12.7. The van der Waals surface area contributed by atoms with Gasteiger partial charge in [-0.25, -0.2) is 9.48 Å². The highest BCUT2D eigenvalue weighted by Gasteiger charge is 2.34. The number of rotatable bonds is 4. The van der Waals surface area contributed by atoms with E-state index in [0.29, 0.717) is 18.7 Å². The first-order valence-electron chi connectivity index (χ1n) is 8.61. The third-order valence-electron chi connectivity index (χ3n) is 4.69. The molecule has 136 valence electrons. The minimum absolute atomic E-state index is 0.252. The molecule has 2 unspecified atom stereocenters. The number of nitrogens with zero attached hydrogens (tertiary/aromatic N) is 3. The lowest BCUT2D eigenvalue weighted by Crippen LogP contribution is -2.51. The fourth-order valence-corrected chi connectivity index (χ4v) is 3.22. The van der Waals surface area contributed by atoms with Gasteiger partial charge in [-0.1, -0.05) is 37.3 Å². The number of carbonyl (C=O) groups is 2. The van der Waals surface area contributed by atoms with Crippen LogP contribution in [-0.4, -0.2) is 44.3 Å². The number of aliphatic carboxylic acids is 1. The molecule has 0 saturated carbocycles. The Bertz CT molecular complexity index is 863. The summed E-state index contributed by atoms with van der Waals surface area (Å²) in [5.41, 5.74) is 1.03. The fourth-order valence-electron chi connectivity index (χ4n) is 3.22. The molecule has 0 radical (unpaired) electrons. The molecule has 1 aromatic carbocycles. The summed E-state index contributed by atoms with van der Waals surface area (Å²) in [7, 11) is 0. The molecule has 1 aliphatic heterocycles. The van der Waals surface area contributed by atoms with Crippen molar-refractivity contribution in [1.82, 2.24) is 14.7 Å². The van der Waals surface area contributed by atoms with E-state index < -0.39 is 23.5 Å². The number of piperidine rings is 1. The lowest BCUT2D eigenvalue weighted by molar-refractivity contribution is -0.153. The summed E-state index contributed by atoms with van der Waals surface area (Å²) in [6.07, 6.45) is 1.18. The van der Waals surface area contributed by atoms with Gasteiger partial charge in [-0.3, -0.25) is 9.59 Å². The summed E-state index contributed by atoms with van der Waals surface area (Å²) in [5.74, 6) is -1.16. The van der Waals surface area contributed by atoms with Gasteiger partial charge in [-0.05, 0) is 24.8 Å². The maximum absolute atomic E-state index is 12.7. The predicted molar refractivity (Wildman–Crippen MR) is 95.5 cm³/mol. The smallest absolute Gasteiger partial charge is 0.326 e. The van der Waals surface area contributed by atoms with Crippen molar-refractivity contribution in [3.8, 4) is 11.3 Å². The standard InChI is InChI=1S/C19H21N3O4/c1-13-9-10-21(16(11-13)19(25)26)18(24)12-22-17(23)8-7-15(20-22)14-5-3-2-4-6-14/h2-8,13,16H,9-12H2,1H3,(H,25,26). The van der Waals surface area contributed by atoms with Gasteiger partial charge in [0.05, 0.1) is 5.69 Å². The molecule has 26 heavy (non-hydrogen) atoms. The second-order valence-corrected chi connectivity index (χ2v) is 6.65. The van der Waals surface area contributed by atoms with E-state index in [1.54, 1.807) is 6.07 Å². The van der Waals surface area contributed by atoms with Crippen molar-refractivity contribution in [2.75, 3.05) is 6.54 Å². The quantitative estimate of drug-likeness (QED) is 0.900. The van der Waals surface area contributed by atoms with Gasteiger partial charge in [0.15, 0.2) is 0 Å². The van der Waals surface area contributed by atoms with Crippen LogP contribution in [0.5, 0.6) is 0 Å². The van der Waals surface area contributed by atoms with Crippen molar-refractivity contribution in [3.05, 3.63) is 52.8 Å². The van der Waals surface area contributed by atoms with Gasteiger partial charge >= 0.3 is 5.97 Å². The molecule has 1 aromatic heterocycles. The number of carboxylic acid groups (broad SMARTS) is 1. The van der Waals surface area contributed by atoms with E-state index in [4.69, 9.17) is 0 Å². The molecule has 0 aliphatic carbocycles. The number of hydrogen-bond acceptors (Lipinski definition) is 4.